The molecule has 15 nitrogen and oxygen atoms in total. The molecule has 0 bridgehead atoms. The SMILES string of the molecule is N#Cc1ccc(OC2CCC(N3C(=O)CCC(N4C(=O)c5ccc(N6CCC(N7CCC8(CC7)CN(c7cnc(C(N)=O)nc7)C8)CC6)cc5C4=O)C3=O)CC2)cc1Cl. The van der Waals surface area contributed by atoms with Gasteiger partial charge >= 0.3 is 0 Å². The van der Waals surface area contributed by atoms with Crippen molar-refractivity contribution in [3.05, 3.63) is 76.3 Å². The Morgan fingerprint density at radius 3 is 2.15 bits per heavy atom. The molecule has 1 aromatic heterocycles. The third-order valence-electron chi connectivity index (χ3n) is 13.5. The number of carbonyl (C=O) groups is 5. The molecule has 1 atom stereocenters. The Balaban J connectivity index is 0.772. The van der Waals surface area contributed by atoms with Crippen LogP contribution in [-0.4, -0.2) is 118 Å². The van der Waals surface area contributed by atoms with E-state index in [-0.39, 0.29) is 47.7 Å². The lowest BCUT2D eigenvalue weighted by Gasteiger charge is -2.56. The number of nitrogens with two attached hydrogens (primary N) is 1. The standard InChI is InChI=1S/C43H46ClN9O6/c44-35-20-32(5-1-26(35)21-45)59-31-6-2-28(3-7-31)52-37(54)10-9-36(42(52)58)53-40(56)33-8-4-29(19-34(33)41(53)57)49-15-11-27(12-16-49)50-17-13-43(14-18-50)24-51(25-43)30-22-47-39(38(46)55)48-23-30/h1,4-5,8,19-20,22-23,27-28,31,36H,2-3,6-7,9-18,24-25H2,(H2,46,55). The highest BCUT2D eigenvalue weighted by Crippen LogP contribution is 2.43. The van der Waals surface area contributed by atoms with Gasteiger partial charge in [-0.25, -0.2) is 9.97 Å². The lowest BCUT2D eigenvalue weighted by molar-refractivity contribution is -0.155. The van der Waals surface area contributed by atoms with Gasteiger partial charge in [0.05, 0.1) is 45.9 Å². The summed E-state index contributed by atoms with van der Waals surface area (Å²) in [6.07, 6.45) is 9.90. The quantitative estimate of drug-likeness (QED) is 0.320. The van der Waals surface area contributed by atoms with Crippen LogP contribution in [0.5, 0.6) is 5.75 Å². The van der Waals surface area contributed by atoms with Crippen LogP contribution < -0.4 is 20.3 Å². The highest BCUT2D eigenvalue weighted by molar-refractivity contribution is 6.31. The van der Waals surface area contributed by atoms with Gasteiger partial charge in [-0.05, 0) is 101 Å². The molecule has 5 fully saturated rings. The maximum absolute atomic E-state index is 14.0. The van der Waals surface area contributed by atoms with E-state index in [0.29, 0.717) is 53.6 Å². The Hall–Kier alpha value is -5.59. The molecule has 2 N–H and O–H groups in total. The number of benzene rings is 2. The van der Waals surface area contributed by atoms with Crippen LogP contribution in [-0.2, 0) is 9.59 Å². The van der Waals surface area contributed by atoms with Gasteiger partial charge in [0.25, 0.3) is 23.6 Å². The van der Waals surface area contributed by atoms with Gasteiger partial charge in [0.1, 0.15) is 17.9 Å². The number of hydrogen-bond acceptors (Lipinski definition) is 12. The molecule has 5 aliphatic heterocycles. The molecule has 2 aromatic carbocycles. The number of piperidine rings is 3. The Labute approximate surface area is 347 Å². The number of fused-ring (bicyclic) bond motifs is 1. The largest absolute Gasteiger partial charge is 0.490 e. The summed E-state index contributed by atoms with van der Waals surface area (Å²) in [4.78, 5) is 84.0. The summed E-state index contributed by atoms with van der Waals surface area (Å²) >= 11 is 6.18. The van der Waals surface area contributed by atoms with E-state index in [1.807, 2.05) is 12.1 Å². The maximum atomic E-state index is 14.0. The molecule has 1 spiro atoms. The number of halogens is 1. The van der Waals surface area contributed by atoms with Gasteiger partial charge < -0.3 is 25.2 Å². The molecule has 0 radical (unpaired) electrons. The third-order valence-corrected chi connectivity index (χ3v) is 13.8. The van der Waals surface area contributed by atoms with Crippen LogP contribution in [0.1, 0.15) is 101 Å². The first-order valence-electron chi connectivity index (χ1n) is 20.6. The molecule has 16 heteroatoms. The van der Waals surface area contributed by atoms with Gasteiger partial charge in [-0.3, -0.25) is 33.8 Å². The highest BCUT2D eigenvalue weighted by atomic mass is 35.5. The molecule has 1 saturated carbocycles. The van der Waals surface area contributed by atoms with Gasteiger partial charge in [-0.2, -0.15) is 5.26 Å². The number of primary amides is 1. The number of likely N-dealkylation sites (tertiary alicyclic amines) is 2. The van der Waals surface area contributed by atoms with E-state index in [2.05, 4.69) is 24.7 Å². The van der Waals surface area contributed by atoms with Crippen LogP contribution in [0.15, 0.2) is 48.8 Å². The molecule has 9 rings (SSSR count). The van der Waals surface area contributed by atoms with Crippen LogP contribution in [0.25, 0.3) is 0 Å². The second-order valence-corrected chi connectivity index (χ2v) is 17.3. The van der Waals surface area contributed by atoms with Crippen molar-refractivity contribution in [3.8, 4) is 11.8 Å². The Bertz CT molecular complexity index is 2230. The zero-order valence-corrected chi connectivity index (χ0v) is 33.5. The molecule has 1 aliphatic carbocycles. The van der Waals surface area contributed by atoms with E-state index in [1.54, 1.807) is 42.7 Å². The number of nitriles is 1. The monoisotopic (exact) mass is 819 g/mol. The minimum atomic E-state index is -1.04. The van der Waals surface area contributed by atoms with Crippen molar-refractivity contribution in [2.45, 2.75) is 88.4 Å². The van der Waals surface area contributed by atoms with Crippen LogP contribution in [0, 0.1) is 16.7 Å². The zero-order chi connectivity index (χ0) is 41.0. The maximum Gasteiger partial charge on any atom is 0.286 e. The minimum absolute atomic E-state index is 0.0289. The second kappa shape index (κ2) is 15.5. The summed E-state index contributed by atoms with van der Waals surface area (Å²) in [5.41, 5.74) is 8.33. The van der Waals surface area contributed by atoms with Crippen LogP contribution in [0.2, 0.25) is 5.02 Å². The molecule has 6 aliphatic rings. The molecule has 3 aromatic rings. The Morgan fingerprint density at radius 1 is 0.797 bits per heavy atom. The zero-order valence-electron chi connectivity index (χ0n) is 32.7. The average Bonchev–Trinajstić information content (AvgIpc) is 3.48. The first-order valence-corrected chi connectivity index (χ1v) is 21.0. The Kier molecular flexibility index (Phi) is 10.2. The molecule has 6 heterocycles. The van der Waals surface area contributed by atoms with E-state index in [9.17, 15) is 24.0 Å². The smallest absolute Gasteiger partial charge is 0.286 e. The summed E-state index contributed by atoms with van der Waals surface area (Å²) in [6, 6.07) is 11.5. The molecule has 4 saturated heterocycles. The van der Waals surface area contributed by atoms with Gasteiger partial charge in [0, 0.05) is 61.9 Å². The number of rotatable bonds is 8. The lowest BCUT2D eigenvalue weighted by atomic mass is 9.71. The number of nitrogens with zero attached hydrogens (tertiary/aromatic N) is 8. The third kappa shape index (κ3) is 7.26. The van der Waals surface area contributed by atoms with E-state index in [1.165, 1.54) is 4.90 Å². The average molecular weight is 820 g/mol. The number of ether oxygens (including phenoxy) is 1. The summed E-state index contributed by atoms with van der Waals surface area (Å²) in [6.45, 7) is 5.68. The minimum Gasteiger partial charge on any atom is -0.490 e. The van der Waals surface area contributed by atoms with Gasteiger partial charge in [-0.15, -0.1) is 0 Å². The fourth-order valence-corrected chi connectivity index (χ4v) is 10.4. The van der Waals surface area contributed by atoms with E-state index in [4.69, 9.17) is 27.3 Å². The first kappa shape index (κ1) is 38.9. The van der Waals surface area contributed by atoms with Gasteiger partial charge in [-0.1, -0.05) is 11.6 Å². The normalized spacial score (nSPS) is 24.9. The van der Waals surface area contributed by atoms with Crippen molar-refractivity contribution >= 4 is 52.5 Å². The van der Waals surface area contributed by atoms with Crippen molar-refractivity contribution in [1.29, 1.82) is 5.26 Å². The predicted octanol–water partition coefficient (Wildman–Crippen LogP) is 4.18. The fourth-order valence-electron chi connectivity index (χ4n) is 10.1. The summed E-state index contributed by atoms with van der Waals surface area (Å²) in [5, 5.41) is 9.47. The van der Waals surface area contributed by atoms with Crippen LogP contribution in [0.4, 0.5) is 11.4 Å². The summed E-state index contributed by atoms with van der Waals surface area (Å²) < 4.78 is 6.11. The predicted molar refractivity (Wildman–Crippen MR) is 216 cm³/mol. The van der Waals surface area contributed by atoms with Crippen molar-refractivity contribution in [3.63, 3.8) is 0 Å². The van der Waals surface area contributed by atoms with Crippen molar-refractivity contribution in [2.24, 2.45) is 11.1 Å². The topological polar surface area (TPSA) is 186 Å². The van der Waals surface area contributed by atoms with Crippen molar-refractivity contribution < 1.29 is 28.7 Å². The molecule has 59 heavy (non-hydrogen) atoms. The Morgan fingerprint density at radius 2 is 1.49 bits per heavy atom. The van der Waals surface area contributed by atoms with Crippen molar-refractivity contribution in [2.75, 3.05) is 49.1 Å². The van der Waals surface area contributed by atoms with E-state index in [0.717, 1.165) is 81.2 Å². The molecular weight excluding hydrogens is 774 g/mol. The van der Waals surface area contributed by atoms with Crippen LogP contribution in [0.3, 0.4) is 0 Å². The van der Waals surface area contributed by atoms with E-state index < -0.39 is 29.7 Å². The van der Waals surface area contributed by atoms with Gasteiger partial charge in [0.2, 0.25) is 11.7 Å². The molecule has 306 valence electrons. The van der Waals surface area contributed by atoms with E-state index >= 15 is 0 Å². The number of amides is 5. The van der Waals surface area contributed by atoms with Gasteiger partial charge in [0.15, 0.2) is 0 Å². The summed E-state index contributed by atoms with van der Waals surface area (Å²) in [7, 11) is 0. The number of carbonyl (C=O) groups excluding carboxylic acids is 5. The number of imide groups is 2. The van der Waals surface area contributed by atoms with Crippen LogP contribution >= 0.6 is 11.6 Å². The fraction of sp³-hybridized carbons (Fsp3) is 0.488. The number of anilines is 2. The molecular formula is C43H46ClN9O6. The van der Waals surface area contributed by atoms with Crippen molar-refractivity contribution in [1.82, 2.24) is 24.7 Å². The lowest BCUT2D eigenvalue weighted by Crippen LogP contribution is -2.61. The number of aromatic nitrogens is 2. The molecule has 1 unspecified atom stereocenters. The number of hydrogen-bond donors (Lipinski definition) is 1. The second-order valence-electron chi connectivity index (χ2n) is 16.9. The molecule has 5 amide bonds. The highest BCUT2D eigenvalue weighted by Gasteiger charge is 2.49. The summed E-state index contributed by atoms with van der Waals surface area (Å²) in [5.74, 6) is -1.80. The first-order chi connectivity index (χ1) is 28.5.